The Hall–Kier alpha value is -1.55. The van der Waals surface area contributed by atoms with Crippen LogP contribution in [0, 0.1) is 0 Å². The molecule has 0 aliphatic heterocycles. The summed E-state index contributed by atoms with van der Waals surface area (Å²) < 4.78 is 5.05. The minimum absolute atomic E-state index is 0.377. The second-order valence-electron chi connectivity index (χ2n) is 3.25. The highest BCUT2D eigenvalue weighted by Crippen LogP contribution is 2.11. The van der Waals surface area contributed by atoms with Gasteiger partial charge in [0, 0.05) is 6.54 Å². The van der Waals surface area contributed by atoms with E-state index in [0.717, 1.165) is 11.3 Å². The van der Waals surface area contributed by atoms with Gasteiger partial charge in [0.1, 0.15) is 11.9 Å². The molecule has 1 aromatic carbocycles. The van der Waals surface area contributed by atoms with Gasteiger partial charge in [-0.25, -0.2) is 0 Å². The third-order valence-electron chi connectivity index (χ3n) is 1.98. The summed E-state index contributed by atoms with van der Waals surface area (Å²) in [6.45, 7) is 1.82. The van der Waals surface area contributed by atoms with Crippen LogP contribution in [0.4, 0.5) is 0 Å². The molecule has 0 saturated carbocycles. The third-order valence-corrected chi connectivity index (χ3v) is 1.98. The Morgan fingerprint density at radius 3 is 2.93 bits per heavy atom. The Bertz CT molecular complexity index is 336. The van der Waals surface area contributed by atoms with Crippen LogP contribution in [0.15, 0.2) is 24.3 Å². The summed E-state index contributed by atoms with van der Waals surface area (Å²) in [7, 11) is 1.59. The van der Waals surface area contributed by atoms with E-state index in [2.05, 4.69) is 5.32 Å². The predicted molar refractivity (Wildman–Crippen MR) is 56.5 cm³/mol. The van der Waals surface area contributed by atoms with E-state index in [1.54, 1.807) is 7.11 Å². The van der Waals surface area contributed by atoms with Crippen molar-refractivity contribution in [3.05, 3.63) is 29.8 Å². The normalized spacial score (nSPS) is 11.9. The maximum absolute atomic E-state index is 11.1. The molecule has 1 rings (SSSR count). The molecule has 0 aliphatic rings. The number of rotatable bonds is 4. The van der Waals surface area contributed by atoms with Crippen molar-refractivity contribution in [3.8, 4) is 5.75 Å². The summed E-state index contributed by atoms with van der Waals surface area (Å²) >= 11 is 0. The summed E-state index contributed by atoms with van der Waals surface area (Å²) in [5, 5.41) is 11.6. The van der Waals surface area contributed by atoms with Gasteiger partial charge >= 0.3 is 0 Å². The lowest BCUT2D eigenvalue weighted by Crippen LogP contribution is -2.31. The molecule has 1 unspecified atom stereocenters. The first-order chi connectivity index (χ1) is 7.13. The number of carbonyl (C=O) groups excluding carboxylic acids is 1. The van der Waals surface area contributed by atoms with Crippen LogP contribution >= 0.6 is 0 Å². The minimum atomic E-state index is -0.976. The number of aliphatic hydroxyl groups excluding tert-OH is 1. The Morgan fingerprint density at radius 2 is 2.33 bits per heavy atom. The molecule has 0 aliphatic carbocycles. The predicted octanol–water partition coefficient (Wildman–Crippen LogP) is 0.692. The van der Waals surface area contributed by atoms with Gasteiger partial charge in [-0.05, 0) is 24.6 Å². The quantitative estimate of drug-likeness (QED) is 0.767. The first kappa shape index (κ1) is 11.5. The molecular weight excluding hydrogens is 194 g/mol. The van der Waals surface area contributed by atoms with Gasteiger partial charge in [0.15, 0.2) is 0 Å². The average molecular weight is 209 g/mol. The van der Waals surface area contributed by atoms with Crippen LogP contribution in [0.25, 0.3) is 0 Å². The van der Waals surface area contributed by atoms with Crippen molar-refractivity contribution in [1.82, 2.24) is 5.32 Å². The summed E-state index contributed by atoms with van der Waals surface area (Å²) in [6, 6.07) is 7.40. The molecule has 0 radical (unpaired) electrons. The van der Waals surface area contributed by atoms with E-state index in [-0.39, 0.29) is 5.91 Å². The average Bonchev–Trinajstić information content (AvgIpc) is 2.26. The van der Waals surface area contributed by atoms with E-state index in [1.807, 2.05) is 24.3 Å². The smallest absolute Gasteiger partial charge is 0.248 e. The second-order valence-corrected chi connectivity index (χ2v) is 3.25. The standard InChI is InChI=1S/C11H15NO3/c1-8(13)11(14)12-7-9-4-3-5-10(6-9)15-2/h3-6,8,13H,7H2,1-2H3,(H,12,14). The van der Waals surface area contributed by atoms with Crippen molar-refractivity contribution < 1.29 is 14.6 Å². The van der Waals surface area contributed by atoms with Crippen LogP contribution in [-0.4, -0.2) is 24.2 Å². The number of ether oxygens (including phenoxy) is 1. The molecule has 4 heteroatoms. The lowest BCUT2D eigenvalue weighted by molar-refractivity contribution is -0.128. The Morgan fingerprint density at radius 1 is 1.60 bits per heavy atom. The molecule has 0 heterocycles. The number of nitrogens with one attached hydrogen (secondary N) is 1. The monoisotopic (exact) mass is 209 g/mol. The highest BCUT2D eigenvalue weighted by atomic mass is 16.5. The number of carbonyl (C=O) groups is 1. The van der Waals surface area contributed by atoms with Crippen molar-refractivity contribution in [2.75, 3.05) is 7.11 Å². The summed E-state index contributed by atoms with van der Waals surface area (Å²) in [5.74, 6) is 0.372. The van der Waals surface area contributed by atoms with Crippen LogP contribution in [0.2, 0.25) is 0 Å². The molecule has 2 N–H and O–H groups in total. The molecule has 1 aromatic rings. The van der Waals surface area contributed by atoms with Crippen molar-refractivity contribution in [3.63, 3.8) is 0 Å². The Balaban J connectivity index is 2.54. The van der Waals surface area contributed by atoms with Crippen LogP contribution in [0.3, 0.4) is 0 Å². The lowest BCUT2D eigenvalue weighted by atomic mass is 10.2. The van der Waals surface area contributed by atoms with Gasteiger partial charge in [-0.1, -0.05) is 12.1 Å². The molecule has 0 spiro atoms. The van der Waals surface area contributed by atoms with Crippen molar-refractivity contribution >= 4 is 5.91 Å². The summed E-state index contributed by atoms with van der Waals surface area (Å²) in [4.78, 5) is 11.1. The van der Waals surface area contributed by atoms with E-state index < -0.39 is 6.10 Å². The third kappa shape index (κ3) is 3.59. The number of benzene rings is 1. The van der Waals surface area contributed by atoms with Gasteiger partial charge in [0.2, 0.25) is 5.91 Å². The molecule has 0 bridgehead atoms. The van der Waals surface area contributed by atoms with Crippen molar-refractivity contribution in [2.24, 2.45) is 0 Å². The molecule has 0 aromatic heterocycles. The SMILES string of the molecule is COc1cccc(CNC(=O)C(C)O)c1. The zero-order valence-corrected chi connectivity index (χ0v) is 8.86. The minimum Gasteiger partial charge on any atom is -0.497 e. The van der Waals surface area contributed by atoms with Gasteiger partial charge in [-0.15, -0.1) is 0 Å². The highest BCUT2D eigenvalue weighted by molar-refractivity contribution is 5.79. The van der Waals surface area contributed by atoms with E-state index in [1.165, 1.54) is 6.92 Å². The number of methoxy groups -OCH3 is 1. The summed E-state index contributed by atoms with van der Waals surface area (Å²) in [6.07, 6.45) is -0.976. The molecule has 1 atom stereocenters. The zero-order valence-electron chi connectivity index (χ0n) is 8.86. The lowest BCUT2D eigenvalue weighted by Gasteiger charge is -2.08. The van der Waals surface area contributed by atoms with Gasteiger partial charge < -0.3 is 15.2 Å². The van der Waals surface area contributed by atoms with Crippen LogP contribution < -0.4 is 10.1 Å². The topological polar surface area (TPSA) is 58.6 Å². The van der Waals surface area contributed by atoms with E-state index >= 15 is 0 Å². The highest BCUT2D eigenvalue weighted by Gasteiger charge is 2.07. The largest absolute Gasteiger partial charge is 0.497 e. The molecular formula is C11H15NO3. The Labute approximate surface area is 88.9 Å². The number of amides is 1. The van der Waals surface area contributed by atoms with Gasteiger partial charge in [0.05, 0.1) is 7.11 Å². The fourth-order valence-corrected chi connectivity index (χ4v) is 1.12. The van der Waals surface area contributed by atoms with Crippen molar-refractivity contribution in [1.29, 1.82) is 0 Å². The van der Waals surface area contributed by atoms with Crippen LogP contribution in [0.5, 0.6) is 5.75 Å². The summed E-state index contributed by atoms with van der Waals surface area (Å²) in [5.41, 5.74) is 0.934. The maximum atomic E-state index is 11.1. The molecule has 0 saturated heterocycles. The molecule has 15 heavy (non-hydrogen) atoms. The van der Waals surface area contributed by atoms with Crippen LogP contribution in [0.1, 0.15) is 12.5 Å². The van der Waals surface area contributed by atoms with Gasteiger partial charge in [0.25, 0.3) is 0 Å². The van der Waals surface area contributed by atoms with Gasteiger partial charge in [-0.2, -0.15) is 0 Å². The molecule has 0 fully saturated rings. The van der Waals surface area contributed by atoms with Crippen molar-refractivity contribution in [2.45, 2.75) is 19.6 Å². The maximum Gasteiger partial charge on any atom is 0.248 e. The number of hydrogen-bond donors (Lipinski definition) is 2. The molecule has 4 nitrogen and oxygen atoms in total. The zero-order chi connectivity index (χ0) is 11.3. The second kappa shape index (κ2) is 5.36. The van der Waals surface area contributed by atoms with E-state index in [9.17, 15) is 4.79 Å². The number of hydrogen-bond acceptors (Lipinski definition) is 3. The Kier molecular flexibility index (Phi) is 4.12. The first-order valence-corrected chi connectivity index (χ1v) is 4.72. The first-order valence-electron chi connectivity index (χ1n) is 4.72. The molecule has 1 amide bonds. The van der Waals surface area contributed by atoms with Crippen LogP contribution in [-0.2, 0) is 11.3 Å². The fourth-order valence-electron chi connectivity index (χ4n) is 1.12. The fraction of sp³-hybridized carbons (Fsp3) is 0.364. The van der Waals surface area contributed by atoms with E-state index in [4.69, 9.17) is 9.84 Å². The van der Waals surface area contributed by atoms with E-state index in [0.29, 0.717) is 6.54 Å². The van der Waals surface area contributed by atoms with Gasteiger partial charge in [-0.3, -0.25) is 4.79 Å². The number of aliphatic hydroxyl groups is 1. The molecule has 82 valence electrons.